The van der Waals surface area contributed by atoms with Gasteiger partial charge in [-0.3, -0.25) is 5.32 Å². The lowest BCUT2D eigenvalue weighted by Crippen LogP contribution is -2.18. The second kappa shape index (κ2) is 5.31. The average Bonchev–Trinajstić information content (AvgIpc) is 3.10. The Morgan fingerprint density at radius 1 is 1.32 bits per heavy atom. The maximum atomic E-state index is 9.18. The van der Waals surface area contributed by atoms with Gasteiger partial charge in [-0.1, -0.05) is 6.07 Å². The number of nitrogens with one attached hydrogen (secondary N) is 1. The number of benzene rings is 1. The number of nitrogens with zero attached hydrogens (tertiary/aromatic N) is 1. The van der Waals surface area contributed by atoms with E-state index in [0.717, 1.165) is 22.6 Å². The molecule has 0 fully saturated rings. The molecule has 0 radical (unpaired) electrons. The number of hydrogen-bond acceptors (Lipinski definition) is 5. The fraction of sp³-hybridized carbons (Fsp3) is 0.214. The van der Waals surface area contributed by atoms with E-state index in [1.165, 1.54) is 0 Å². The molecule has 4 nitrogen and oxygen atoms in total. The third-order valence-electron chi connectivity index (χ3n) is 2.95. The van der Waals surface area contributed by atoms with Crippen molar-refractivity contribution in [2.24, 2.45) is 0 Å². The van der Waals surface area contributed by atoms with E-state index in [9.17, 15) is 5.26 Å². The van der Waals surface area contributed by atoms with Crippen LogP contribution in [0.4, 0.5) is 0 Å². The van der Waals surface area contributed by atoms with Crippen LogP contribution in [0.5, 0.6) is 11.5 Å². The number of fused-ring (bicyclic) bond motifs is 1. The third-order valence-corrected chi connectivity index (χ3v) is 3.65. The van der Waals surface area contributed by atoms with Gasteiger partial charge in [0.1, 0.15) is 6.04 Å². The molecule has 1 aromatic heterocycles. The van der Waals surface area contributed by atoms with Crippen molar-refractivity contribution in [1.82, 2.24) is 5.32 Å². The van der Waals surface area contributed by atoms with Gasteiger partial charge in [-0.15, -0.1) is 0 Å². The van der Waals surface area contributed by atoms with E-state index in [1.54, 1.807) is 11.3 Å². The first-order valence-electron chi connectivity index (χ1n) is 5.90. The maximum absolute atomic E-state index is 9.18. The van der Waals surface area contributed by atoms with Gasteiger partial charge in [0.05, 0.1) is 6.07 Å². The number of thiophene rings is 1. The Kier molecular flexibility index (Phi) is 3.36. The molecule has 1 N–H and O–H groups in total. The molecular weight excluding hydrogens is 260 g/mol. The number of ether oxygens (including phenoxy) is 2. The highest BCUT2D eigenvalue weighted by molar-refractivity contribution is 7.08. The van der Waals surface area contributed by atoms with Crippen LogP contribution >= 0.6 is 11.3 Å². The molecule has 0 spiro atoms. The molecule has 1 atom stereocenters. The summed E-state index contributed by atoms with van der Waals surface area (Å²) in [7, 11) is 0. The largest absolute Gasteiger partial charge is 0.454 e. The van der Waals surface area contributed by atoms with Crippen LogP contribution in [0.2, 0.25) is 0 Å². The Bertz CT molecular complexity index is 604. The topological polar surface area (TPSA) is 54.3 Å². The van der Waals surface area contributed by atoms with Gasteiger partial charge in [0, 0.05) is 6.54 Å². The van der Waals surface area contributed by atoms with Crippen molar-refractivity contribution >= 4 is 11.3 Å². The van der Waals surface area contributed by atoms with Crippen molar-refractivity contribution in [3.05, 3.63) is 46.2 Å². The van der Waals surface area contributed by atoms with Gasteiger partial charge in [-0.2, -0.15) is 16.6 Å². The highest BCUT2D eigenvalue weighted by Gasteiger charge is 2.14. The van der Waals surface area contributed by atoms with E-state index >= 15 is 0 Å². The molecule has 0 saturated carbocycles. The summed E-state index contributed by atoms with van der Waals surface area (Å²) < 4.78 is 10.6. The molecular formula is C14H12N2O2S. The Labute approximate surface area is 115 Å². The lowest BCUT2D eigenvalue weighted by Gasteiger charge is -2.10. The molecule has 0 bridgehead atoms. The molecule has 5 heteroatoms. The van der Waals surface area contributed by atoms with E-state index in [4.69, 9.17) is 9.47 Å². The van der Waals surface area contributed by atoms with E-state index in [-0.39, 0.29) is 12.8 Å². The molecule has 3 rings (SSSR count). The number of rotatable bonds is 4. The van der Waals surface area contributed by atoms with Crippen LogP contribution < -0.4 is 14.8 Å². The Morgan fingerprint density at radius 2 is 2.21 bits per heavy atom. The minimum absolute atomic E-state index is 0.280. The van der Waals surface area contributed by atoms with Gasteiger partial charge in [-0.05, 0) is 40.1 Å². The van der Waals surface area contributed by atoms with Crippen LogP contribution in [0, 0.1) is 11.3 Å². The van der Waals surface area contributed by atoms with Gasteiger partial charge in [0.15, 0.2) is 11.5 Å². The van der Waals surface area contributed by atoms with E-state index in [2.05, 4.69) is 11.4 Å². The Morgan fingerprint density at radius 3 is 3.00 bits per heavy atom. The van der Waals surface area contributed by atoms with Gasteiger partial charge in [0.2, 0.25) is 6.79 Å². The van der Waals surface area contributed by atoms with Crippen LogP contribution in [-0.2, 0) is 6.54 Å². The van der Waals surface area contributed by atoms with Crippen molar-refractivity contribution in [2.75, 3.05) is 6.79 Å². The Hall–Kier alpha value is -2.03. The minimum Gasteiger partial charge on any atom is -0.454 e. The first-order chi connectivity index (χ1) is 9.36. The predicted molar refractivity (Wildman–Crippen MR) is 72.1 cm³/mol. The van der Waals surface area contributed by atoms with Crippen LogP contribution in [0.1, 0.15) is 17.2 Å². The number of nitriles is 1. The normalized spacial score (nSPS) is 14.1. The standard InChI is InChI=1S/C14H12N2O2S/c15-6-12(11-3-4-19-8-11)16-7-10-1-2-13-14(5-10)18-9-17-13/h1-5,8,12,16H,7,9H2. The zero-order chi connectivity index (χ0) is 13.1. The summed E-state index contributed by atoms with van der Waals surface area (Å²) in [6.45, 7) is 0.895. The Balaban J connectivity index is 1.67. The second-order valence-electron chi connectivity index (χ2n) is 4.19. The highest BCUT2D eigenvalue weighted by atomic mass is 32.1. The third kappa shape index (κ3) is 2.55. The van der Waals surface area contributed by atoms with Crippen molar-refractivity contribution in [3.63, 3.8) is 0 Å². The van der Waals surface area contributed by atoms with Crippen molar-refractivity contribution in [2.45, 2.75) is 12.6 Å². The fourth-order valence-electron chi connectivity index (χ4n) is 1.95. The molecule has 19 heavy (non-hydrogen) atoms. The fourth-order valence-corrected chi connectivity index (χ4v) is 2.63. The van der Waals surface area contributed by atoms with Crippen molar-refractivity contribution in [3.8, 4) is 17.6 Å². The summed E-state index contributed by atoms with van der Waals surface area (Å²) >= 11 is 1.59. The minimum atomic E-state index is -0.281. The monoisotopic (exact) mass is 272 g/mol. The molecule has 1 aliphatic rings. The zero-order valence-electron chi connectivity index (χ0n) is 10.1. The highest BCUT2D eigenvalue weighted by Crippen LogP contribution is 2.32. The van der Waals surface area contributed by atoms with E-state index in [1.807, 2.05) is 35.0 Å². The SMILES string of the molecule is N#CC(NCc1ccc2c(c1)OCO2)c1ccsc1. The molecule has 96 valence electrons. The summed E-state index contributed by atoms with van der Waals surface area (Å²) in [6.07, 6.45) is 0. The summed E-state index contributed by atoms with van der Waals surface area (Å²) in [4.78, 5) is 0. The van der Waals surface area contributed by atoms with Crippen LogP contribution in [0.3, 0.4) is 0 Å². The molecule has 1 aliphatic heterocycles. The van der Waals surface area contributed by atoms with Crippen LogP contribution in [0.25, 0.3) is 0 Å². The average molecular weight is 272 g/mol. The van der Waals surface area contributed by atoms with E-state index in [0.29, 0.717) is 6.54 Å². The quantitative estimate of drug-likeness (QED) is 0.930. The molecule has 0 saturated heterocycles. The summed E-state index contributed by atoms with van der Waals surface area (Å²) in [5.41, 5.74) is 2.08. The lowest BCUT2D eigenvalue weighted by atomic mass is 10.1. The first-order valence-corrected chi connectivity index (χ1v) is 6.85. The van der Waals surface area contributed by atoms with Crippen LogP contribution in [0.15, 0.2) is 35.0 Å². The molecule has 0 aliphatic carbocycles. The van der Waals surface area contributed by atoms with Crippen molar-refractivity contribution in [1.29, 1.82) is 5.26 Å². The van der Waals surface area contributed by atoms with Gasteiger partial charge < -0.3 is 9.47 Å². The predicted octanol–water partition coefficient (Wildman–Crippen LogP) is 2.83. The smallest absolute Gasteiger partial charge is 0.231 e. The summed E-state index contributed by atoms with van der Waals surface area (Å²) in [5, 5.41) is 16.4. The van der Waals surface area contributed by atoms with Crippen molar-refractivity contribution < 1.29 is 9.47 Å². The molecule has 2 heterocycles. The summed E-state index contributed by atoms with van der Waals surface area (Å²) in [5.74, 6) is 1.54. The molecule has 1 aromatic carbocycles. The maximum Gasteiger partial charge on any atom is 0.231 e. The molecule has 0 amide bonds. The van der Waals surface area contributed by atoms with Gasteiger partial charge in [-0.25, -0.2) is 0 Å². The number of hydrogen-bond donors (Lipinski definition) is 1. The lowest BCUT2D eigenvalue weighted by molar-refractivity contribution is 0.174. The zero-order valence-corrected chi connectivity index (χ0v) is 10.9. The molecule has 2 aromatic rings. The molecule has 1 unspecified atom stereocenters. The van der Waals surface area contributed by atoms with E-state index < -0.39 is 0 Å². The van der Waals surface area contributed by atoms with Crippen LogP contribution in [-0.4, -0.2) is 6.79 Å². The summed E-state index contributed by atoms with van der Waals surface area (Å²) in [6, 6.07) is 9.76. The second-order valence-corrected chi connectivity index (χ2v) is 4.97. The van der Waals surface area contributed by atoms with Gasteiger partial charge >= 0.3 is 0 Å². The first kappa shape index (κ1) is 12.0. The van der Waals surface area contributed by atoms with Gasteiger partial charge in [0.25, 0.3) is 0 Å².